The molecule has 0 bridgehead atoms. The zero-order valence-electron chi connectivity index (χ0n) is 15.0. The van der Waals surface area contributed by atoms with Crippen molar-refractivity contribution in [2.45, 2.75) is 6.92 Å². The molecule has 0 aliphatic carbocycles. The number of aryl methyl sites for hydroxylation is 2. The van der Waals surface area contributed by atoms with Crippen LogP contribution in [0.5, 0.6) is 0 Å². The average Bonchev–Trinajstić information content (AvgIpc) is 2.95. The number of carbonyl (C=O) groups excluding carboxylic acids is 1. The molecule has 0 atom stereocenters. The fourth-order valence-electron chi connectivity index (χ4n) is 2.56. The standard InChI is InChI=1S/C18H18ClFN6O/c1-10-16(9-26(3)25-10)24-17-7-15(13(19)8-22-17)23-14-5-4-11(20)6-12(14)18(27)21-2/h4-9H,1-3H3,(H,21,27)(H2,22,23,24). The van der Waals surface area contributed by atoms with Crippen LogP contribution < -0.4 is 16.0 Å². The van der Waals surface area contributed by atoms with Crippen molar-refractivity contribution in [3.63, 3.8) is 0 Å². The van der Waals surface area contributed by atoms with Crippen LogP contribution >= 0.6 is 11.6 Å². The maximum absolute atomic E-state index is 13.5. The van der Waals surface area contributed by atoms with E-state index >= 15 is 0 Å². The number of carbonyl (C=O) groups is 1. The summed E-state index contributed by atoms with van der Waals surface area (Å²) in [5, 5.41) is 13.4. The number of aromatic nitrogens is 3. The highest BCUT2D eigenvalue weighted by atomic mass is 35.5. The minimum absolute atomic E-state index is 0.169. The summed E-state index contributed by atoms with van der Waals surface area (Å²) in [5.41, 5.74) is 2.75. The summed E-state index contributed by atoms with van der Waals surface area (Å²) in [4.78, 5) is 16.3. The molecule has 1 amide bonds. The molecule has 2 heterocycles. The van der Waals surface area contributed by atoms with Crippen LogP contribution in [-0.4, -0.2) is 27.7 Å². The zero-order chi connectivity index (χ0) is 19.6. The lowest BCUT2D eigenvalue weighted by Crippen LogP contribution is -2.19. The summed E-state index contributed by atoms with van der Waals surface area (Å²) in [5.74, 6) is -0.373. The number of nitrogens with zero attached hydrogens (tertiary/aromatic N) is 3. The number of hydrogen-bond donors (Lipinski definition) is 3. The molecule has 0 saturated heterocycles. The molecular formula is C18H18ClFN6O. The minimum atomic E-state index is -0.505. The quantitative estimate of drug-likeness (QED) is 0.619. The van der Waals surface area contributed by atoms with Crippen LogP contribution in [0.15, 0.2) is 36.7 Å². The van der Waals surface area contributed by atoms with Crippen LogP contribution in [0.4, 0.5) is 27.3 Å². The first-order chi connectivity index (χ1) is 12.9. The predicted molar refractivity (Wildman–Crippen MR) is 104 cm³/mol. The number of amides is 1. The van der Waals surface area contributed by atoms with Crippen LogP contribution in [0.1, 0.15) is 16.1 Å². The zero-order valence-corrected chi connectivity index (χ0v) is 15.7. The molecule has 140 valence electrons. The number of rotatable bonds is 5. The smallest absolute Gasteiger partial charge is 0.253 e. The molecule has 0 aliphatic heterocycles. The first-order valence-corrected chi connectivity index (χ1v) is 8.46. The predicted octanol–water partition coefficient (Wildman–Crippen LogP) is 3.76. The molecule has 0 fully saturated rings. The Morgan fingerprint density at radius 1 is 1.19 bits per heavy atom. The van der Waals surface area contributed by atoms with E-state index in [4.69, 9.17) is 11.6 Å². The summed E-state index contributed by atoms with van der Waals surface area (Å²) in [6, 6.07) is 5.61. The van der Waals surface area contributed by atoms with Crippen molar-refractivity contribution < 1.29 is 9.18 Å². The maximum atomic E-state index is 13.5. The van der Waals surface area contributed by atoms with E-state index in [9.17, 15) is 9.18 Å². The molecule has 3 N–H and O–H groups in total. The number of nitrogens with one attached hydrogen (secondary N) is 3. The van der Waals surface area contributed by atoms with Crippen molar-refractivity contribution in [3.05, 3.63) is 58.8 Å². The van der Waals surface area contributed by atoms with Gasteiger partial charge in [0.25, 0.3) is 5.91 Å². The van der Waals surface area contributed by atoms with Gasteiger partial charge >= 0.3 is 0 Å². The second kappa shape index (κ2) is 7.63. The number of benzene rings is 1. The Morgan fingerprint density at radius 2 is 1.96 bits per heavy atom. The van der Waals surface area contributed by atoms with Gasteiger partial charge in [-0.25, -0.2) is 9.37 Å². The molecule has 0 radical (unpaired) electrons. The fraction of sp³-hybridized carbons (Fsp3) is 0.167. The van der Waals surface area contributed by atoms with Crippen LogP contribution in [0, 0.1) is 12.7 Å². The Bertz CT molecular complexity index is 1000. The third-order valence-electron chi connectivity index (χ3n) is 3.85. The van der Waals surface area contributed by atoms with Gasteiger partial charge in [0.2, 0.25) is 0 Å². The molecule has 0 saturated carbocycles. The molecule has 9 heteroatoms. The molecule has 0 aliphatic rings. The lowest BCUT2D eigenvalue weighted by molar-refractivity contribution is 0.0963. The minimum Gasteiger partial charge on any atom is -0.355 e. The van der Waals surface area contributed by atoms with E-state index < -0.39 is 11.7 Å². The number of halogens is 2. The molecule has 0 spiro atoms. The van der Waals surface area contributed by atoms with Gasteiger partial charge in [-0.2, -0.15) is 5.10 Å². The lowest BCUT2D eigenvalue weighted by atomic mass is 10.1. The Labute approximate surface area is 160 Å². The first-order valence-electron chi connectivity index (χ1n) is 8.09. The Balaban J connectivity index is 1.92. The third kappa shape index (κ3) is 4.17. The summed E-state index contributed by atoms with van der Waals surface area (Å²) in [6.07, 6.45) is 3.32. The summed E-state index contributed by atoms with van der Waals surface area (Å²) in [6.45, 7) is 1.88. The van der Waals surface area contributed by atoms with Crippen molar-refractivity contribution in [2.75, 3.05) is 17.7 Å². The molecular weight excluding hydrogens is 371 g/mol. The molecule has 27 heavy (non-hydrogen) atoms. The van der Waals surface area contributed by atoms with Gasteiger partial charge in [0.15, 0.2) is 0 Å². The normalized spacial score (nSPS) is 10.6. The SMILES string of the molecule is CNC(=O)c1cc(F)ccc1Nc1cc(Nc2cn(C)nc2C)ncc1Cl. The van der Waals surface area contributed by atoms with Gasteiger partial charge in [-0.1, -0.05) is 11.6 Å². The molecule has 7 nitrogen and oxygen atoms in total. The Morgan fingerprint density at radius 3 is 2.63 bits per heavy atom. The van der Waals surface area contributed by atoms with Crippen LogP contribution in [0.25, 0.3) is 0 Å². The van der Waals surface area contributed by atoms with Crippen molar-refractivity contribution in [2.24, 2.45) is 7.05 Å². The van der Waals surface area contributed by atoms with Gasteiger partial charge in [-0.3, -0.25) is 9.48 Å². The van der Waals surface area contributed by atoms with E-state index in [2.05, 4.69) is 26.0 Å². The van der Waals surface area contributed by atoms with Gasteiger partial charge in [-0.15, -0.1) is 0 Å². The summed E-state index contributed by atoms with van der Waals surface area (Å²) >= 11 is 6.24. The fourth-order valence-corrected chi connectivity index (χ4v) is 2.71. The first kappa shape index (κ1) is 18.7. The molecule has 1 aromatic carbocycles. The van der Waals surface area contributed by atoms with E-state index in [1.54, 1.807) is 10.7 Å². The van der Waals surface area contributed by atoms with Crippen molar-refractivity contribution in [3.8, 4) is 0 Å². The van der Waals surface area contributed by atoms with Gasteiger partial charge in [0.05, 0.1) is 39.5 Å². The Kier molecular flexibility index (Phi) is 5.27. The highest BCUT2D eigenvalue weighted by Crippen LogP contribution is 2.30. The molecule has 3 aromatic rings. The second-order valence-corrected chi connectivity index (χ2v) is 6.28. The van der Waals surface area contributed by atoms with E-state index in [0.29, 0.717) is 22.2 Å². The third-order valence-corrected chi connectivity index (χ3v) is 4.16. The number of pyridine rings is 1. The highest BCUT2D eigenvalue weighted by Gasteiger charge is 2.14. The topological polar surface area (TPSA) is 83.9 Å². The number of hydrogen-bond acceptors (Lipinski definition) is 5. The Hall–Kier alpha value is -3.13. The second-order valence-electron chi connectivity index (χ2n) is 5.87. The maximum Gasteiger partial charge on any atom is 0.253 e. The van der Waals surface area contributed by atoms with Gasteiger partial charge < -0.3 is 16.0 Å². The monoisotopic (exact) mass is 388 g/mol. The molecule has 0 unspecified atom stereocenters. The lowest BCUT2D eigenvalue weighted by Gasteiger charge is -2.14. The van der Waals surface area contributed by atoms with E-state index in [0.717, 1.165) is 17.4 Å². The largest absolute Gasteiger partial charge is 0.355 e. The number of anilines is 4. The van der Waals surface area contributed by atoms with Crippen LogP contribution in [0.2, 0.25) is 5.02 Å². The van der Waals surface area contributed by atoms with Crippen molar-refractivity contribution in [1.82, 2.24) is 20.1 Å². The van der Waals surface area contributed by atoms with E-state index in [1.807, 2.05) is 20.2 Å². The van der Waals surface area contributed by atoms with Crippen molar-refractivity contribution >= 4 is 40.4 Å². The van der Waals surface area contributed by atoms with Gasteiger partial charge in [-0.05, 0) is 25.1 Å². The highest BCUT2D eigenvalue weighted by molar-refractivity contribution is 6.33. The van der Waals surface area contributed by atoms with Gasteiger partial charge in [0.1, 0.15) is 11.6 Å². The van der Waals surface area contributed by atoms with E-state index in [1.165, 1.54) is 25.4 Å². The van der Waals surface area contributed by atoms with Gasteiger partial charge in [0, 0.05) is 26.4 Å². The summed E-state index contributed by atoms with van der Waals surface area (Å²) in [7, 11) is 3.31. The van der Waals surface area contributed by atoms with Crippen LogP contribution in [0.3, 0.4) is 0 Å². The molecule has 2 aromatic heterocycles. The average molecular weight is 389 g/mol. The summed E-state index contributed by atoms with van der Waals surface area (Å²) < 4.78 is 15.2. The van der Waals surface area contributed by atoms with Crippen molar-refractivity contribution in [1.29, 1.82) is 0 Å². The van der Waals surface area contributed by atoms with Crippen LogP contribution in [-0.2, 0) is 7.05 Å². The molecule has 3 rings (SSSR count). The van der Waals surface area contributed by atoms with E-state index in [-0.39, 0.29) is 5.56 Å².